The minimum Gasteiger partial charge on any atom is -0.469 e. The van der Waals surface area contributed by atoms with Crippen LogP contribution in [0.4, 0.5) is 0 Å². The van der Waals surface area contributed by atoms with Gasteiger partial charge < -0.3 is 4.74 Å². The standard InChI is InChI=1S/C2H5N3O3S/c1-8-2(9)4(3)5(6)7/h3H2,1H3. The van der Waals surface area contributed by atoms with Crippen molar-refractivity contribution in [2.75, 3.05) is 7.11 Å². The van der Waals surface area contributed by atoms with Crippen LogP contribution in [0.25, 0.3) is 0 Å². The predicted octanol–water partition coefficient (Wildman–Crippen LogP) is -0.715. The maximum absolute atomic E-state index is 9.74. The molecule has 0 aliphatic rings. The third-order valence-corrected chi connectivity index (χ3v) is 0.891. The van der Waals surface area contributed by atoms with E-state index in [0.29, 0.717) is 0 Å². The van der Waals surface area contributed by atoms with E-state index in [1.807, 2.05) is 0 Å². The van der Waals surface area contributed by atoms with Gasteiger partial charge in [-0.3, -0.25) is 0 Å². The summed E-state index contributed by atoms with van der Waals surface area (Å²) in [5, 5.41) is 8.60. The second-order valence-corrected chi connectivity index (χ2v) is 1.40. The van der Waals surface area contributed by atoms with Crippen LogP contribution in [0.15, 0.2) is 0 Å². The number of nitrogens with two attached hydrogens (primary N) is 1. The van der Waals surface area contributed by atoms with Crippen LogP contribution in [0.3, 0.4) is 0 Å². The summed E-state index contributed by atoms with van der Waals surface area (Å²) in [5.41, 5.74) is 0. The molecule has 0 aliphatic heterocycles. The quantitative estimate of drug-likeness (QED) is 0.230. The van der Waals surface area contributed by atoms with E-state index in [9.17, 15) is 10.1 Å². The number of rotatable bonds is 1. The van der Waals surface area contributed by atoms with Gasteiger partial charge in [-0.1, -0.05) is 0 Å². The average Bonchev–Trinajstić information content (AvgIpc) is 1.84. The van der Waals surface area contributed by atoms with E-state index in [1.54, 1.807) is 0 Å². The highest BCUT2D eigenvalue weighted by atomic mass is 32.1. The zero-order valence-electron chi connectivity index (χ0n) is 4.60. The van der Waals surface area contributed by atoms with Crippen LogP contribution in [-0.2, 0) is 4.74 Å². The Labute approximate surface area is 56.3 Å². The second-order valence-electron chi connectivity index (χ2n) is 1.05. The van der Waals surface area contributed by atoms with Crippen LogP contribution in [0.5, 0.6) is 0 Å². The number of nitrogens with zero attached hydrogens (tertiary/aromatic N) is 2. The normalized spacial score (nSPS) is 8.22. The van der Waals surface area contributed by atoms with Crippen molar-refractivity contribution in [2.24, 2.45) is 5.84 Å². The highest BCUT2D eigenvalue weighted by Crippen LogP contribution is 1.83. The molecule has 0 spiro atoms. The summed E-state index contributed by atoms with van der Waals surface area (Å²) in [5.74, 6) is 4.74. The lowest BCUT2D eigenvalue weighted by atomic mass is 11.2. The molecular weight excluding hydrogens is 146 g/mol. The summed E-state index contributed by atoms with van der Waals surface area (Å²) in [6.45, 7) is 0. The molecule has 0 aromatic heterocycles. The van der Waals surface area contributed by atoms with Gasteiger partial charge in [0.15, 0.2) is 5.03 Å². The summed E-state index contributed by atoms with van der Waals surface area (Å²) < 4.78 is 4.26. The summed E-state index contributed by atoms with van der Waals surface area (Å²) >= 11 is 4.29. The van der Waals surface area contributed by atoms with E-state index in [4.69, 9.17) is 5.84 Å². The fourth-order valence-electron chi connectivity index (χ4n) is 0.160. The molecule has 0 aromatic rings. The first-order chi connectivity index (χ1) is 4.09. The Morgan fingerprint density at radius 3 is 2.56 bits per heavy atom. The molecule has 9 heavy (non-hydrogen) atoms. The number of hydrogen-bond acceptors (Lipinski definition) is 5. The highest BCUT2D eigenvalue weighted by Gasteiger charge is 2.14. The first-order valence-electron chi connectivity index (χ1n) is 1.86. The molecule has 0 aromatic carbocycles. The number of ether oxygens (including phenoxy) is 1. The molecule has 7 heteroatoms. The molecule has 0 atom stereocenters. The van der Waals surface area contributed by atoms with Crippen molar-refractivity contribution in [2.45, 2.75) is 0 Å². The molecule has 0 fully saturated rings. The largest absolute Gasteiger partial charge is 0.469 e. The Bertz CT molecular complexity index is 137. The second kappa shape index (κ2) is 3.15. The van der Waals surface area contributed by atoms with Gasteiger partial charge in [-0.05, 0) is 12.2 Å². The van der Waals surface area contributed by atoms with Gasteiger partial charge in [0, 0.05) is 5.12 Å². The molecule has 0 unspecified atom stereocenters. The zero-order chi connectivity index (χ0) is 7.44. The van der Waals surface area contributed by atoms with Crippen molar-refractivity contribution in [1.82, 2.24) is 5.12 Å². The summed E-state index contributed by atoms with van der Waals surface area (Å²) in [4.78, 5) is 9.74. The number of hydrogen-bond donors (Lipinski definition) is 1. The maximum atomic E-state index is 9.74. The highest BCUT2D eigenvalue weighted by molar-refractivity contribution is 7.79. The van der Waals surface area contributed by atoms with Crippen molar-refractivity contribution in [1.29, 1.82) is 0 Å². The van der Waals surface area contributed by atoms with Crippen LogP contribution in [0.2, 0.25) is 0 Å². The van der Waals surface area contributed by atoms with Crippen LogP contribution in [0.1, 0.15) is 0 Å². The fraction of sp³-hybridized carbons (Fsp3) is 0.500. The smallest absolute Gasteiger partial charge is 0.340 e. The van der Waals surface area contributed by atoms with Gasteiger partial charge in [-0.15, -0.1) is 0 Å². The first kappa shape index (κ1) is 8.05. The SMILES string of the molecule is COC(=S)N(N)[N+](=O)[O-]. The molecule has 0 saturated heterocycles. The summed E-state index contributed by atoms with van der Waals surface area (Å²) in [7, 11) is 1.20. The van der Waals surface area contributed by atoms with Gasteiger partial charge in [0.05, 0.1) is 7.11 Å². The van der Waals surface area contributed by atoms with Crippen molar-refractivity contribution in [3.8, 4) is 0 Å². The van der Waals surface area contributed by atoms with Gasteiger partial charge in [-0.25, -0.2) is 10.1 Å². The Morgan fingerprint density at radius 2 is 2.44 bits per heavy atom. The van der Waals surface area contributed by atoms with E-state index in [-0.39, 0.29) is 10.3 Å². The molecular formula is C2H5N3O3S. The summed E-state index contributed by atoms with van der Waals surface area (Å²) in [6.07, 6.45) is 0. The topological polar surface area (TPSA) is 81.6 Å². The number of nitro groups is 1. The molecule has 52 valence electrons. The van der Waals surface area contributed by atoms with Gasteiger partial charge in [-0.2, -0.15) is 5.84 Å². The van der Waals surface area contributed by atoms with Gasteiger partial charge in [0.25, 0.3) is 0 Å². The third kappa shape index (κ3) is 2.20. The number of methoxy groups -OCH3 is 1. The first-order valence-corrected chi connectivity index (χ1v) is 2.27. The molecule has 0 rings (SSSR count). The predicted molar refractivity (Wildman–Crippen MR) is 32.6 cm³/mol. The molecule has 0 heterocycles. The van der Waals surface area contributed by atoms with E-state index in [2.05, 4.69) is 17.0 Å². The van der Waals surface area contributed by atoms with E-state index >= 15 is 0 Å². The van der Waals surface area contributed by atoms with Crippen molar-refractivity contribution >= 4 is 17.4 Å². The van der Waals surface area contributed by atoms with E-state index < -0.39 is 5.03 Å². The number of hydrazine groups is 2. The van der Waals surface area contributed by atoms with Gasteiger partial charge in [0.2, 0.25) is 0 Å². The molecule has 6 nitrogen and oxygen atoms in total. The third-order valence-electron chi connectivity index (χ3n) is 0.538. The Balaban J connectivity index is 3.88. The molecule has 0 radical (unpaired) electrons. The fourth-order valence-corrected chi connectivity index (χ4v) is 0.227. The Hall–Kier alpha value is -0.950. The van der Waals surface area contributed by atoms with Gasteiger partial charge in [0.1, 0.15) is 0 Å². The van der Waals surface area contributed by atoms with Crippen molar-refractivity contribution in [3.63, 3.8) is 0 Å². The van der Waals surface area contributed by atoms with Crippen LogP contribution in [0, 0.1) is 10.1 Å². The maximum Gasteiger partial charge on any atom is 0.340 e. The van der Waals surface area contributed by atoms with Crippen LogP contribution >= 0.6 is 12.2 Å². The lowest BCUT2D eigenvalue weighted by Gasteiger charge is -2.04. The van der Waals surface area contributed by atoms with E-state index in [1.165, 1.54) is 7.11 Å². The Kier molecular flexibility index (Phi) is 2.82. The number of thiocarbonyl (C=S) groups is 1. The van der Waals surface area contributed by atoms with Crippen LogP contribution in [-0.4, -0.2) is 22.4 Å². The monoisotopic (exact) mass is 151 g/mol. The lowest BCUT2D eigenvalue weighted by Crippen LogP contribution is -2.41. The minimum absolute atomic E-state index is 0.120. The van der Waals surface area contributed by atoms with E-state index in [0.717, 1.165) is 0 Å². The zero-order valence-corrected chi connectivity index (χ0v) is 5.42. The van der Waals surface area contributed by atoms with Crippen LogP contribution < -0.4 is 5.84 Å². The molecule has 0 aliphatic carbocycles. The summed E-state index contributed by atoms with van der Waals surface area (Å²) in [6, 6.07) is 0. The molecule has 0 bridgehead atoms. The van der Waals surface area contributed by atoms with Crippen molar-refractivity contribution in [3.05, 3.63) is 10.1 Å². The molecule has 2 N–H and O–H groups in total. The average molecular weight is 151 g/mol. The van der Waals surface area contributed by atoms with Gasteiger partial charge >= 0.3 is 5.17 Å². The lowest BCUT2D eigenvalue weighted by molar-refractivity contribution is -0.634. The Morgan fingerprint density at radius 1 is 2.00 bits per heavy atom. The molecule has 0 amide bonds. The molecule has 0 saturated carbocycles. The minimum atomic E-state index is -0.883. The van der Waals surface area contributed by atoms with Crippen molar-refractivity contribution < 1.29 is 9.77 Å².